The molecule has 2 aromatic carbocycles. The molecule has 0 amide bonds. The molecule has 0 heterocycles. The van der Waals surface area contributed by atoms with Crippen LogP contribution in [0.5, 0.6) is 23.0 Å². The standard InChI is InChI=1S/C32H30O18/c33-18-5-1-16(11-20(18)35)3-8-26(41)47-22-14-32(31(45)46,50-28(43)9-4-17-2-6-19(34)21(36)12-17)15-23(48-27(42)10-7-24(37)38)30(22)49-29(44)13-25(39)40/h1-6,8-9,11-12,22-23,30,33-36H,7,10,13-15H2,(H,37,38)(H,39,40)(H,45,46)/b8-3+,9-4+/t22-,23-,30-,32+/m1/s1. The van der Waals surface area contributed by atoms with Gasteiger partial charge >= 0.3 is 41.8 Å². The van der Waals surface area contributed by atoms with Crippen LogP contribution in [-0.4, -0.2) is 101 Å². The Morgan fingerprint density at radius 2 is 1.16 bits per heavy atom. The van der Waals surface area contributed by atoms with Gasteiger partial charge in [0.05, 0.1) is 12.8 Å². The number of carbonyl (C=O) groups excluding carboxylic acids is 4. The number of ether oxygens (including phenoxy) is 4. The molecule has 0 spiro atoms. The van der Waals surface area contributed by atoms with E-state index in [1.54, 1.807) is 0 Å². The van der Waals surface area contributed by atoms with Crippen molar-refractivity contribution in [3.05, 3.63) is 59.7 Å². The maximum absolute atomic E-state index is 12.9. The van der Waals surface area contributed by atoms with Gasteiger partial charge in [0.15, 0.2) is 29.1 Å². The summed E-state index contributed by atoms with van der Waals surface area (Å²) in [4.78, 5) is 85.8. The second-order valence-corrected chi connectivity index (χ2v) is 10.7. The Bertz CT molecular complexity index is 1730. The van der Waals surface area contributed by atoms with Crippen LogP contribution < -0.4 is 0 Å². The van der Waals surface area contributed by atoms with E-state index in [-0.39, 0.29) is 11.1 Å². The molecule has 18 nitrogen and oxygen atoms in total. The maximum atomic E-state index is 12.9. The van der Waals surface area contributed by atoms with Crippen molar-refractivity contribution in [1.29, 1.82) is 0 Å². The minimum Gasteiger partial charge on any atom is -0.504 e. The Labute approximate surface area is 281 Å². The molecule has 4 atom stereocenters. The van der Waals surface area contributed by atoms with Crippen molar-refractivity contribution in [2.45, 2.75) is 56.0 Å². The molecule has 1 fully saturated rings. The first-order valence-electron chi connectivity index (χ1n) is 14.4. The Morgan fingerprint density at radius 1 is 0.640 bits per heavy atom. The number of phenols is 4. The van der Waals surface area contributed by atoms with E-state index in [2.05, 4.69) is 0 Å². The Kier molecular flexibility index (Phi) is 12.5. The molecule has 266 valence electrons. The topological polar surface area (TPSA) is 298 Å². The second-order valence-electron chi connectivity index (χ2n) is 10.7. The van der Waals surface area contributed by atoms with Crippen LogP contribution in [0.2, 0.25) is 0 Å². The van der Waals surface area contributed by atoms with E-state index >= 15 is 0 Å². The van der Waals surface area contributed by atoms with Gasteiger partial charge in [-0.25, -0.2) is 14.4 Å². The van der Waals surface area contributed by atoms with E-state index in [9.17, 15) is 59.1 Å². The molecule has 0 unspecified atom stereocenters. The van der Waals surface area contributed by atoms with Gasteiger partial charge in [0, 0.05) is 25.0 Å². The van der Waals surface area contributed by atoms with Crippen LogP contribution in [0.4, 0.5) is 0 Å². The highest BCUT2D eigenvalue weighted by Crippen LogP contribution is 2.38. The third kappa shape index (κ3) is 10.7. The van der Waals surface area contributed by atoms with Crippen LogP contribution in [0.1, 0.15) is 43.2 Å². The average Bonchev–Trinajstić information content (AvgIpc) is 3.02. The van der Waals surface area contributed by atoms with Gasteiger partial charge in [0.25, 0.3) is 0 Å². The summed E-state index contributed by atoms with van der Waals surface area (Å²) in [6.07, 6.45) is -6.61. The van der Waals surface area contributed by atoms with Gasteiger partial charge in [-0.2, -0.15) is 0 Å². The van der Waals surface area contributed by atoms with Gasteiger partial charge in [-0.3, -0.25) is 19.2 Å². The number of carbonyl (C=O) groups is 7. The molecule has 3 rings (SSSR count). The maximum Gasteiger partial charge on any atom is 0.348 e. The monoisotopic (exact) mass is 702 g/mol. The number of carboxylic acid groups (broad SMARTS) is 3. The van der Waals surface area contributed by atoms with Gasteiger partial charge in [0.2, 0.25) is 5.60 Å². The second kappa shape index (κ2) is 16.5. The van der Waals surface area contributed by atoms with Crippen molar-refractivity contribution in [3.63, 3.8) is 0 Å². The van der Waals surface area contributed by atoms with Crippen molar-refractivity contribution >= 4 is 53.9 Å². The molecule has 2 aromatic rings. The number of esters is 4. The molecule has 0 radical (unpaired) electrons. The molecule has 1 saturated carbocycles. The predicted octanol–water partition coefficient (Wildman–Crippen LogP) is 1.47. The molecule has 1 aliphatic carbocycles. The van der Waals surface area contributed by atoms with Crippen molar-refractivity contribution < 1.29 is 88.3 Å². The number of rotatable bonds is 14. The van der Waals surface area contributed by atoms with Crippen molar-refractivity contribution in [2.75, 3.05) is 0 Å². The molecule has 0 aliphatic heterocycles. The predicted molar refractivity (Wildman–Crippen MR) is 162 cm³/mol. The largest absolute Gasteiger partial charge is 0.504 e. The number of benzene rings is 2. The van der Waals surface area contributed by atoms with E-state index in [1.807, 2.05) is 0 Å². The highest BCUT2D eigenvalue weighted by atomic mass is 16.6. The molecule has 18 heteroatoms. The lowest BCUT2D eigenvalue weighted by Gasteiger charge is -2.43. The van der Waals surface area contributed by atoms with Gasteiger partial charge in [0.1, 0.15) is 18.6 Å². The normalized spacial score (nSPS) is 20.1. The third-order valence-electron chi connectivity index (χ3n) is 6.96. The van der Waals surface area contributed by atoms with Crippen LogP contribution in [0.3, 0.4) is 0 Å². The Morgan fingerprint density at radius 3 is 1.64 bits per heavy atom. The van der Waals surface area contributed by atoms with Crippen LogP contribution in [0.25, 0.3) is 12.2 Å². The number of aromatic hydroxyl groups is 4. The van der Waals surface area contributed by atoms with Gasteiger partial charge in [-0.1, -0.05) is 12.1 Å². The van der Waals surface area contributed by atoms with E-state index < -0.39 is 121 Å². The number of hydrogen-bond donors (Lipinski definition) is 7. The summed E-state index contributed by atoms with van der Waals surface area (Å²) >= 11 is 0. The minimum absolute atomic E-state index is 0.168. The van der Waals surface area contributed by atoms with E-state index in [0.717, 1.165) is 48.6 Å². The van der Waals surface area contributed by atoms with Crippen LogP contribution >= 0.6 is 0 Å². The molecular weight excluding hydrogens is 672 g/mol. The molecule has 0 aromatic heterocycles. The fraction of sp³-hybridized carbons (Fsp3) is 0.281. The Balaban J connectivity index is 2.01. The fourth-order valence-electron chi connectivity index (χ4n) is 4.66. The van der Waals surface area contributed by atoms with Gasteiger partial charge < -0.3 is 54.7 Å². The van der Waals surface area contributed by atoms with Crippen LogP contribution in [0, 0.1) is 0 Å². The van der Waals surface area contributed by atoms with Crippen LogP contribution in [0.15, 0.2) is 48.6 Å². The number of phenolic OH excluding ortho intramolecular Hbond substituents is 4. The van der Waals surface area contributed by atoms with E-state index in [1.165, 1.54) is 12.1 Å². The number of hydrogen-bond acceptors (Lipinski definition) is 15. The Hall–Kier alpha value is -6.59. The lowest BCUT2D eigenvalue weighted by Crippen LogP contribution is -2.60. The van der Waals surface area contributed by atoms with Crippen molar-refractivity contribution in [3.8, 4) is 23.0 Å². The lowest BCUT2D eigenvalue weighted by atomic mass is 9.78. The smallest absolute Gasteiger partial charge is 0.348 e. The fourth-order valence-corrected chi connectivity index (χ4v) is 4.66. The first-order valence-corrected chi connectivity index (χ1v) is 14.4. The number of carboxylic acids is 3. The van der Waals surface area contributed by atoms with Gasteiger partial charge in [-0.15, -0.1) is 0 Å². The van der Waals surface area contributed by atoms with Crippen LogP contribution in [-0.2, 0) is 52.5 Å². The van der Waals surface area contributed by atoms with Crippen molar-refractivity contribution in [2.24, 2.45) is 0 Å². The van der Waals surface area contributed by atoms with E-state index in [4.69, 9.17) is 29.2 Å². The summed E-state index contributed by atoms with van der Waals surface area (Å²) < 4.78 is 21.1. The molecule has 1 aliphatic rings. The molecule has 0 saturated heterocycles. The molecule has 0 bridgehead atoms. The number of aliphatic carboxylic acids is 3. The van der Waals surface area contributed by atoms with Gasteiger partial charge in [-0.05, 0) is 47.5 Å². The zero-order chi connectivity index (χ0) is 37.2. The summed E-state index contributed by atoms with van der Waals surface area (Å²) in [5, 5.41) is 66.7. The molecule has 7 N–H and O–H groups in total. The first-order chi connectivity index (χ1) is 23.5. The molecular formula is C32H30O18. The summed E-state index contributed by atoms with van der Waals surface area (Å²) in [5.41, 5.74) is -2.33. The van der Waals surface area contributed by atoms with E-state index in [0.29, 0.717) is 0 Å². The average molecular weight is 703 g/mol. The zero-order valence-corrected chi connectivity index (χ0v) is 25.7. The summed E-state index contributed by atoms with van der Waals surface area (Å²) in [7, 11) is 0. The highest BCUT2D eigenvalue weighted by molar-refractivity contribution is 5.92. The minimum atomic E-state index is -2.68. The lowest BCUT2D eigenvalue weighted by molar-refractivity contribution is -0.220. The quantitative estimate of drug-likeness (QED) is 0.0482. The SMILES string of the molecule is O=C(O)CCC(=O)O[C@@H]1C[C@](OC(=O)/C=C/c2ccc(O)c(O)c2)(C(=O)O)C[C@@H](OC(=O)/C=C/c2ccc(O)c(O)c2)[C@H]1OC(=O)CC(=O)O. The van der Waals surface area contributed by atoms with Crippen molar-refractivity contribution in [1.82, 2.24) is 0 Å². The summed E-state index contributed by atoms with van der Waals surface area (Å²) in [6, 6.07) is 6.94. The summed E-state index contributed by atoms with van der Waals surface area (Å²) in [5.74, 6) is -12.1. The highest BCUT2D eigenvalue weighted by Gasteiger charge is 2.57. The summed E-state index contributed by atoms with van der Waals surface area (Å²) in [6.45, 7) is 0. The third-order valence-corrected chi connectivity index (χ3v) is 6.96. The zero-order valence-electron chi connectivity index (χ0n) is 25.7. The first kappa shape index (κ1) is 37.9. The molecule has 50 heavy (non-hydrogen) atoms.